The Balaban J connectivity index is 2.14. The van der Waals surface area contributed by atoms with Gasteiger partial charge < -0.3 is 14.8 Å². The van der Waals surface area contributed by atoms with Gasteiger partial charge in [-0.3, -0.25) is 0 Å². The van der Waals surface area contributed by atoms with Crippen LogP contribution in [0.15, 0.2) is 30.5 Å². The molecule has 1 aromatic carbocycles. The van der Waals surface area contributed by atoms with Crippen molar-refractivity contribution in [2.75, 3.05) is 19.0 Å². The van der Waals surface area contributed by atoms with Crippen molar-refractivity contribution in [2.45, 2.75) is 19.5 Å². The number of alkyl halides is 3. The fraction of sp³-hybridized carbons (Fsp3) is 0.333. The van der Waals surface area contributed by atoms with Gasteiger partial charge in [0.1, 0.15) is 11.3 Å². The second kappa shape index (κ2) is 7.17. The summed E-state index contributed by atoms with van der Waals surface area (Å²) in [6.07, 6.45) is -2.98. The Kier molecular flexibility index (Phi) is 5.25. The number of hydrogen-bond donors (Lipinski definition) is 1. The van der Waals surface area contributed by atoms with Gasteiger partial charge in [-0.1, -0.05) is 6.92 Å². The molecule has 0 bridgehead atoms. The van der Waals surface area contributed by atoms with Crippen LogP contribution in [0.1, 0.15) is 18.9 Å². The van der Waals surface area contributed by atoms with Gasteiger partial charge in [0.15, 0.2) is 0 Å². The normalized spacial score (nSPS) is 11.2. The van der Waals surface area contributed by atoms with E-state index in [9.17, 15) is 13.2 Å². The summed E-state index contributed by atoms with van der Waals surface area (Å²) < 4.78 is 48.4. The lowest BCUT2D eigenvalue weighted by molar-refractivity contribution is -0.139. The molecule has 0 saturated heterocycles. The summed E-state index contributed by atoms with van der Waals surface area (Å²) in [7, 11) is 1.13. The van der Waals surface area contributed by atoms with Crippen LogP contribution in [0.25, 0.3) is 0 Å². The van der Waals surface area contributed by atoms with Crippen molar-refractivity contribution < 1.29 is 22.6 Å². The highest BCUT2D eigenvalue weighted by Crippen LogP contribution is 2.35. The van der Waals surface area contributed by atoms with E-state index in [1.165, 1.54) is 0 Å². The first kappa shape index (κ1) is 16.9. The van der Waals surface area contributed by atoms with Gasteiger partial charge in [-0.15, -0.1) is 0 Å². The average Bonchev–Trinajstić information content (AvgIpc) is 2.53. The molecule has 1 N–H and O–H groups in total. The SMILES string of the molecule is CCCOc1ccc(Nc2ncc(C(F)(F)F)c(OC)n2)cc1. The number of nitrogens with zero attached hydrogens (tertiary/aromatic N) is 2. The molecule has 0 spiro atoms. The van der Waals surface area contributed by atoms with Crippen LogP contribution in [-0.4, -0.2) is 23.7 Å². The lowest BCUT2D eigenvalue weighted by Crippen LogP contribution is -2.11. The third kappa shape index (κ3) is 4.48. The highest BCUT2D eigenvalue weighted by atomic mass is 19.4. The molecule has 1 heterocycles. The summed E-state index contributed by atoms with van der Waals surface area (Å²) in [6, 6.07) is 6.94. The molecule has 0 aliphatic carbocycles. The molecule has 2 rings (SSSR count). The third-order valence-corrected chi connectivity index (χ3v) is 2.84. The maximum absolute atomic E-state index is 12.7. The van der Waals surface area contributed by atoms with E-state index in [1.807, 2.05) is 6.92 Å². The number of benzene rings is 1. The van der Waals surface area contributed by atoms with Crippen LogP contribution in [0.4, 0.5) is 24.8 Å². The molecule has 2 aromatic rings. The summed E-state index contributed by atoms with van der Waals surface area (Å²) in [5.74, 6) is 0.193. The molecule has 0 radical (unpaired) electrons. The molecular weight excluding hydrogens is 311 g/mol. The minimum atomic E-state index is -4.57. The smallest absolute Gasteiger partial charge is 0.423 e. The van der Waals surface area contributed by atoms with E-state index < -0.39 is 17.6 Å². The van der Waals surface area contributed by atoms with Gasteiger partial charge in [0.2, 0.25) is 11.8 Å². The van der Waals surface area contributed by atoms with Gasteiger partial charge in [-0.05, 0) is 30.7 Å². The predicted octanol–water partition coefficient (Wildman–Crippen LogP) is 4.04. The van der Waals surface area contributed by atoms with Crippen LogP contribution in [0.2, 0.25) is 0 Å². The van der Waals surface area contributed by atoms with E-state index in [2.05, 4.69) is 20.0 Å². The summed E-state index contributed by atoms with van der Waals surface area (Å²) in [4.78, 5) is 7.40. The molecule has 23 heavy (non-hydrogen) atoms. The highest BCUT2D eigenvalue weighted by Gasteiger charge is 2.36. The number of hydrogen-bond acceptors (Lipinski definition) is 5. The molecule has 8 heteroatoms. The van der Waals surface area contributed by atoms with Crippen molar-refractivity contribution in [3.63, 3.8) is 0 Å². The zero-order valence-electron chi connectivity index (χ0n) is 12.6. The topological polar surface area (TPSA) is 56.3 Å². The van der Waals surface area contributed by atoms with Gasteiger partial charge in [0.25, 0.3) is 0 Å². The van der Waals surface area contributed by atoms with Crippen molar-refractivity contribution in [1.29, 1.82) is 0 Å². The van der Waals surface area contributed by atoms with Gasteiger partial charge in [0, 0.05) is 11.9 Å². The van der Waals surface area contributed by atoms with Crippen LogP contribution in [0, 0.1) is 0 Å². The molecule has 0 amide bonds. The van der Waals surface area contributed by atoms with Crippen molar-refractivity contribution in [3.8, 4) is 11.6 Å². The van der Waals surface area contributed by atoms with Gasteiger partial charge >= 0.3 is 6.18 Å². The van der Waals surface area contributed by atoms with E-state index in [4.69, 9.17) is 4.74 Å². The fourth-order valence-electron chi connectivity index (χ4n) is 1.76. The Morgan fingerprint density at radius 3 is 2.43 bits per heavy atom. The van der Waals surface area contributed by atoms with Gasteiger partial charge in [-0.25, -0.2) is 4.98 Å². The second-order valence-corrected chi connectivity index (χ2v) is 4.61. The molecule has 0 atom stereocenters. The summed E-state index contributed by atoms with van der Waals surface area (Å²) in [5, 5.41) is 2.82. The summed E-state index contributed by atoms with van der Waals surface area (Å²) in [5.41, 5.74) is -0.399. The van der Waals surface area contributed by atoms with Crippen LogP contribution < -0.4 is 14.8 Å². The van der Waals surface area contributed by atoms with E-state index in [1.54, 1.807) is 24.3 Å². The molecular formula is C15H16F3N3O2. The van der Waals surface area contributed by atoms with Crippen LogP contribution >= 0.6 is 0 Å². The number of halogens is 3. The first-order valence-electron chi connectivity index (χ1n) is 6.92. The minimum Gasteiger partial charge on any atom is -0.494 e. The number of rotatable bonds is 6. The Morgan fingerprint density at radius 2 is 1.87 bits per heavy atom. The van der Waals surface area contributed by atoms with Crippen LogP contribution in [-0.2, 0) is 6.18 Å². The number of aromatic nitrogens is 2. The standard InChI is InChI=1S/C15H16F3N3O2/c1-3-8-23-11-6-4-10(5-7-11)20-14-19-9-12(15(16,17)18)13(21-14)22-2/h4-7,9H,3,8H2,1-2H3,(H,19,20,21). The highest BCUT2D eigenvalue weighted by molar-refractivity contribution is 5.55. The molecule has 0 aliphatic rings. The first-order chi connectivity index (χ1) is 10.9. The zero-order valence-corrected chi connectivity index (χ0v) is 12.6. The van der Waals surface area contributed by atoms with E-state index in [-0.39, 0.29) is 5.95 Å². The maximum Gasteiger partial charge on any atom is 0.423 e. The zero-order chi connectivity index (χ0) is 16.9. The lowest BCUT2D eigenvalue weighted by Gasteiger charge is -2.12. The summed E-state index contributed by atoms with van der Waals surface area (Å²) >= 11 is 0. The molecule has 1 aromatic heterocycles. The van der Waals surface area contributed by atoms with Gasteiger partial charge in [0.05, 0.1) is 13.7 Å². The maximum atomic E-state index is 12.7. The number of nitrogens with one attached hydrogen (secondary N) is 1. The van der Waals surface area contributed by atoms with Crippen LogP contribution in [0.5, 0.6) is 11.6 Å². The number of ether oxygens (including phenoxy) is 2. The van der Waals surface area contributed by atoms with Crippen molar-refractivity contribution >= 4 is 11.6 Å². The van der Waals surface area contributed by atoms with E-state index in [0.29, 0.717) is 24.2 Å². The van der Waals surface area contributed by atoms with E-state index >= 15 is 0 Å². The lowest BCUT2D eigenvalue weighted by atomic mass is 10.3. The molecule has 0 fully saturated rings. The Morgan fingerprint density at radius 1 is 1.17 bits per heavy atom. The average molecular weight is 327 g/mol. The monoisotopic (exact) mass is 327 g/mol. The van der Waals surface area contributed by atoms with E-state index in [0.717, 1.165) is 13.5 Å². The first-order valence-corrected chi connectivity index (χ1v) is 6.92. The van der Waals surface area contributed by atoms with Crippen molar-refractivity contribution in [3.05, 3.63) is 36.0 Å². The molecule has 0 saturated carbocycles. The Hall–Kier alpha value is -2.51. The molecule has 0 unspecified atom stereocenters. The predicted molar refractivity (Wildman–Crippen MR) is 79.1 cm³/mol. The quantitative estimate of drug-likeness (QED) is 0.868. The fourth-order valence-corrected chi connectivity index (χ4v) is 1.76. The second-order valence-electron chi connectivity index (χ2n) is 4.61. The number of anilines is 2. The minimum absolute atomic E-state index is 0.0112. The van der Waals surface area contributed by atoms with Crippen LogP contribution in [0.3, 0.4) is 0 Å². The van der Waals surface area contributed by atoms with Crippen molar-refractivity contribution in [2.24, 2.45) is 0 Å². The largest absolute Gasteiger partial charge is 0.494 e. The van der Waals surface area contributed by atoms with Crippen molar-refractivity contribution in [1.82, 2.24) is 9.97 Å². The number of methoxy groups -OCH3 is 1. The van der Waals surface area contributed by atoms with Gasteiger partial charge in [-0.2, -0.15) is 18.2 Å². The third-order valence-electron chi connectivity index (χ3n) is 2.84. The molecule has 124 valence electrons. The molecule has 0 aliphatic heterocycles. The summed E-state index contributed by atoms with van der Waals surface area (Å²) in [6.45, 7) is 2.62. The molecule has 5 nitrogen and oxygen atoms in total. The Labute approximate surface area is 131 Å². The Bertz CT molecular complexity index is 645.